The number of amides is 1. The highest BCUT2D eigenvalue weighted by Gasteiger charge is 2.08. The first-order chi connectivity index (χ1) is 7.63. The van der Waals surface area contributed by atoms with Gasteiger partial charge in [-0.25, -0.2) is 0 Å². The third kappa shape index (κ3) is 4.95. The van der Waals surface area contributed by atoms with Crippen molar-refractivity contribution in [3.05, 3.63) is 20.8 Å². The van der Waals surface area contributed by atoms with E-state index in [9.17, 15) is 4.79 Å². The highest BCUT2D eigenvalue weighted by molar-refractivity contribution is 9.11. The monoisotopic (exact) mass is 369 g/mol. The fourth-order valence-electron chi connectivity index (χ4n) is 1.14. The molecule has 1 rings (SSSR count). The summed E-state index contributed by atoms with van der Waals surface area (Å²) in [6, 6.07) is 1.82. The van der Waals surface area contributed by atoms with Gasteiger partial charge in [-0.15, -0.1) is 11.3 Å². The third-order valence-electron chi connectivity index (χ3n) is 1.92. The van der Waals surface area contributed by atoms with E-state index in [4.69, 9.17) is 4.74 Å². The molecule has 1 N–H and O–H groups in total. The summed E-state index contributed by atoms with van der Waals surface area (Å²) in [6.07, 6.45) is 0.852. The number of nitrogens with one attached hydrogen (secondary N) is 1. The van der Waals surface area contributed by atoms with Crippen LogP contribution in [0, 0.1) is 0 Å². The van der Waals surface area contributed by atoms with E-state index in [1.165, 1.54) is 11.3 Å². The van der Waals surface area contributed by atoms with Gasteiger partial charge in [-0.3, -0.25) is 4.79 Å². The van der Waals surface area contributed by atoms with Crippen LogP contribution in [0.5, 0.6) is 0 Å². The first-order valence-electron chi connectivity index (χ1n) is 4.78. The minimum atomic E-state index is -0.0286. The molecule has 90 valence electrons. The lowest BCUT2D eigenvalue weighted by Crippen LogP contribution is -2.26. The number of rotatable bonds is 6. The molecule has 16 heavy (non-hydrogen) atoms. The van der Waals surface area contributed by atoms with Crippen molar-refractivity contribution < 1.29 is 9.53 Å². The average molecular weight is 371 g/mol. The van der Waals surface area contributed by atoms with Gasteiger partial charge in [0, 0.05) is 23.9 Å². The maximum absolute atomic E-state index is 11.6. The van der Waals surface area contributed by atoms with Crippen LogP contribution < -0.4 is 5.32 Å². The van der Waals surface area contributed by atoms with Crippen LogP contribution in [0.1, 0.15) is 16.8 Å². The second-order valence-electron chi connectivity index (χ2n) is 3.24. The molecule has 0 bridgehead atoms. The number of carbonyl (C=O) groups is 1. The van der Waals surface area contributed by atoms with E-state index in [2.05, 4.69) is 37.2 Å². The van der Waals surface area contributed by atoms with Crippen molar-refractivity contribution in [2.75, 3.05) is 20.3 Å². The van der Waals surface area contributed by atoms with Gasteiger partial charge in [0.2, 0.25) is 0 Å². The van der Waals surface area contributed by atoms with E-state index in [-0.39, 0.29) is 10.7 Å². The van der Waals surface area contributed by atoms with Gasteiger partial charge in [0.15, 0.2) is 0 Å². The molecular weight excluding hydrogens is 358 g/mol. The number of halogens is 2. The van der Waals surface area contributed by atoms with Crippen LogP contribution >= 0.6 is 43.2 Å². The summed E-state index contributed by atoms with van der Waals surface area (Å²) in [5.74, 6) is -0.0286. The van der Waals surface area contributed by atoms with Gasteiger partial charge in [-0.2, -0.15) is 0 Å². The molecule has 1 amide bonds. The van der Waals surface area contributed by atoms with Gasteiger partial charge in [0.25, 0.3) is 5.91 Å². The Balaban J connectivity index is 2.25. The van der Waals surface area contributed by atoms with E-state index in [1.807, 2.05) is 11.4 Å². The largest absolute Gasteiger partial charge is 0.384 e. The number of methoxy groups -OCH3 is 1. The lowest BCUT2D eigenvalue weighted by molar-refractivity contribution is 0.0952. The Morgan fingerprint density at radius 2 is 2.44 bits per heavy atom. The van der Waals surface area contributed by atoms with Crippen molar-refractivity contribution in [2.24, 2.45) is 0 Å². The zero-order valence-electron chi connectivity index (χ0n) is 8.83. The molecule has 3 nitrogen and oxygen atoms in total. The summed E-state index contributed by atoms with van der Waals surface area (Å²) in [5, 5.41) is 4.70. The number of hydrogen-bond acceptors (Lipinski definition) is 3. The van der Waals surface area contributed by atoms with E-state index in [0.29, 0.717) is 18.7 Å². The molecule has 0 aliphatic heterocycles. The van der Waals surface area contributed by atoms with Crippen LogP contribution in [0.25, 0.3) is 0 Å². The Hall–Kier alpha value is 0.0900. The number of thiophene rings is 1. The van der Waals surface area contributed by atoms with Gasteiger partial charge in [0.05, 0.1) is 16.0 Å². The molecule has 0 aliphatic carbocycles. The minimum Gasteiger partial charge on any atom is -0.384 e. The number of hydrogen-bond donors (Lipinski definition) is 1. The van der Waals surface area contributed by atoms with Crippen molar-refractivity contribution in [3.8, 4) is 0 Å². The SMILES string of the molecule is COCC(Br)CCNC(=O)c1csc(Br)c1. The first kappa shape index (κ1) is 14.2. The third-order valence-corrected chi connectivity index (χ3v) is 4.15. The van der Waals surface area contributed by atoms with Gasteiger partial charge < -0.3 is 10.1 Å². The van der Waals surface area contributed by atoms with Crippen molar-refractivity contribution in [2.45, 2.75) is 11.2 Å². The first-order valence-corrected chi connectivity index (χ1v) is 7.37. The molecule has 0 aromatic carbocycles. The number of carbonyl (C=O) groups excluding carboxylic acids is 1. The van der Waals surface area contributed by atoms with E-state index < -0.39 is 0 Å². The summed E-state index contributed by atoms with van der Waals surface area (Å²) >= 11 is 8.30. The van der Waals surface area contributed by atoms with Gasteiger partial charge in [0.1, 0.15) is 0 Å². The zero-order valence-corrected chi connectivity index (χ0v) is 12.8. The second-order valence-corrected chi connectivity index (χ2v) is 6.82. The summed E-state index contributed by atoms with van der Waals surface area (Å²) in [7, 11) is 1.66. The molecule has 0 aliphatic rings. The van der Waals surface area contributed by atoms with E-state index in [0.717, 1.165) is 10.2 Å². The van der Waals surface area contributed by atoms with Crippen LogP contribution in [0.3, 0.4) is 0 Å². The molecular formula is C10H13Br2NO2S. The van der Waals surface area contributed by atoms with Gasteiger partial charge in [-0.05, 0) is 28.4 Å². The highest BCUT2D eigenvalue weighted by atomic mass is 79.9. The molecule has 6 heteroatoms. The Morgan fingerprint density at radius 3 is 3.00 bits per heavy atom. The summed E-state index contributed by atoms with van der Waals surface area (Å²) < 4.78 is 5.95. The Kier molecular flexibility index (Phi) is 6.57. The molecule has 0 spiro atoms. The Labute approximate surface area is 116 Å². The lowest BCUT2D eigenvalue weighted by Gasteiger charge is -2.08. The number of alkyl halides is 1. The quantitative estimate of drug-likeness (QED) is 0.781. The van der Waals surface area contributed by atoms with Crippen LogP contribution in [-0.4, -0.2) is 31.0 Å². The van der Waals surface area contributed by atoms with E-state index >= 15 is 0 Å². The molecule has 0 radical (unpaired) electrons. The molecule has 0 saturated carbocycles. The fourth-order valence-corrected chi connectivity index (χ4v) is 2.77. The van der Waals surface area contributed by atoms with E-state index in [1.54, 1.807) is 7.11 Å². The van der Waals surface area contributed by atoms with Gasteiger partial charge >= 0.3 is 0 Å². The molecule has 1 aromatic heterocycles. The molecule has 1 atom stereocenters. The van der Waals surface area contributed by atoms with Crippen LogP contribution in [0.2, 0.25) is 0 Å². The maximum Gasteiger partial charge on any atom is 0.252 e. The molecule has 1 aromatic rings. The number of ether oxygens (including phenoxy) is 1. The molecule has 0 saturated heterocycles. The van der Waals surface area contributed by atoms with Crippen molar-refractivity contribution in [1.82, 2.24) is 5.32 Å². The maximum atomic E-state index is 11.6. The molecule has 1 unspecified atom stereocenters. The van der Waals surface area contributed by atoms with Crippen molar-refractivity contribution >= 4 is 49.1 Å². The fraction of sp³-hybridized carbons (Fsp3) is 0.500. The highest BCUT2D eigenvalue weighted by Crippen LogP contribution is 2.20. The summed E-state index contributed by atoms with van der Waals surface area (Å²) in [6.45, 7) is 1.30. The predicted octanol–water partition coefficient (Wildman–Crippen LogP) is 3.04. The van der Waals surface area contributed by atoms with Gasteiger partial charge in [-0.1, -0.05) is 15.9 Å². The Morgan fingerprint density at radius 1 is 1.69 bits per heavy atom. The van der Waals surface area contributed by atoms with Crippen LogP contribution in [0.4, 0.5) is 0 Å². The Bertz CT molecular complexity index is 343. The standard InChI is InChI=1S/C10H13Br2NO2S/c1-15-5-8(11)2-3-13-10(14)7-4-9(12)16-6-7/h4,6,8H,2-3,5H2,1H3,(H,13,14). The average Bonchev–Trinajstić information content (AvgIpc) is 2.65. The van der Waals surface area contributed by atoms with Crippen LogP contribution in [0.15, 0.2) is 15.2 Å². The second kappa shape index (κ2) is 7.42. The lowest BCUT2D eigenvalue weighted by atomic mass is 10.3. The minimum absolute atomic E-state index is 0.0286. The predicted molar refractivity (Wildman–Crippen MR) is 73.6 cm³/mol. The van der Waals surface area contributed by atoms with Crippen LogP contribution in [-0.2, 0) is 4.74 Å². The molecule has 1 heterocycles. The topological polar surface area (TPSA) is 38.3 Å². The summed E-state index contributed by atoms with van der Waals surface area (Å²) in [5.41, 5.74) is 0.703. The molecule has 0 fully saturated rings. The summed E-state index contributed by atoms with van der Waals surface area (Å²) in [4.78, 5) is 11.9. The smallest absolute Gasteiger partial charge is 0.252 e. The van der Waals surface area contributed by atoms with Crippen molar-refractivity contribution in [1.29, 1.82) is 0 Å². The normalized spacial score (nSPS) is 12.4. The zero-order chi connectivity index (χ0) is 12.0. The van der Waals surface area contributed by atoms with Crippen molar-refractivity contribution in [3.63, 3.8) is 0 Å².